The summed E-state index contributed by atoms with van der Waals surface area (Å²) in [6.45, 7) is 4.13. The first-order valence-electron chi connectivity index (χ1n) is 4.69. The van der Waals surface area contributed by atoms with Gasteiger partial charge in [-0.15, -0.1) is 6.58 Å². The van der Waals surface area contributed by atoms with E-state index in [0.29, 0.717) is 17.9 Å². The van der Waals surface area contributed by atoms with Crippen LogP contribution in [0.5, 0.6) is 5.75 Å². The molecule has 15 heavy (non-hydrogen) atoms. The van der Waals surface area contributed by atoms with Gasteiger partial charge in [-0.05, 0) is 18.2 Å². The fraction of sp³-hybridized carbons (Fsp3) is 0.250. The van der Waals surface area contributed by atoms with E-state index in [0.717, 1.165) is 0 Å². The number of likely N-dealkylation sites (N-methyl/N-ethyl adjacent to an activating group) is 1. The van der Waals surface area contributed by atoms with Gasteiger partial charge in [-0.3, -0.25) is 4.79 Å². The molecule has 0 aliphatic carbocycles. The molecule has 80 valence electrons. The summed E-state index contributed by atoms with van der Waals surface area (Å²) in [5, 5.41) is 0. The van der Waals surface area contributed by atoms with Crippen LogP contribution < -0.4 is 4.74 Å². The second-order valence-corrected chi connectivity index (χ2v) is 3.21. The Morgan fingerprint density at radius 2 is 2.33 bits per heavy atom. The van der Waals surface area contributed by atoms with Crippen LogP contribution in [0.25, 0.3) is 0 Å². The third kappa shape index (κ3) is 2.84. The summed E-state index contributed by atoms with van der Waals surface area (Å²) in [5.74, 6) is 0.654. The van der Waals surface area contributed by atoms with E-state index >= 15 is 0 Å². The summed E-state index contributed by atoms with van der Waals surface area (Å²) in [7, 11) is 3.32. The molecule has 1 aromatic carbocycles. The number of carbonyl (C=O) groups is 1. The van der Waals surface area contributed by atoms with Gasteiger partial charge < -0.3 is 9.64 Å². The Kier molecular flexibility index (Phi) is 3.92. The molecule has 1 rings (SSSR count). The number of hydrogen-bond acceptors (Lipinski definition) is 2. The van der Waals surface area contributed by atoms with Crippen LogP contribution >= 0.6 is 0 Å². The van der Waals surface area contributed by atoms with Crippen molar-refractivity contribution < 1.29 is 9.53 Å². The summed E-state index contributed by atoms with van der Waals surface area (Å²) >= 11 is 0. The molecular weight excluding hydrogens is 190 g/mol. The molecule has 0 bridgehead atoms. The molecule has 0 N–H and O–H groups in total. The molecule has 0 saturated carbocycles. The minimum Gasteiger partial charge on any atom is -0.497 e. The van der Waals surface area contributed by atoms with Crippen LogP contribution in [-0.4, -0.2) is 31.5 Å². The Balaban J connectivity index is 2.85. The van der Waals surface area contributed by atoms with Gasteiger partial charge in [-0.1, -0.05) is 12.1 Å². The average Bonchev–Trinajstić information content (AvgIpc) is 2.28. The van der Waals surface area contributed by atoms with Crippen molar-refractivity contribution in [3.05, 3.63) is 42.5 Å². The molecule has 1 amide bonds. The highest BCUT2D eigenvalue weighted by molar-refractivity contribution is 5.94. The normalized spacial score (nSPS) is 9.47. The molecule has 3 heteroatoms. The topological polar surface area (TPSA) is 29.5 Å². The second kappa shape index (κ2) is 5.20. The smallest absolute Gasteiger partial charge is 0.254 e. The summed E-state index contributed by atoms with van der Waals surface area (Å²) < 4.78 is 5.05. The molecular formula is C12H15NO2. The first-order chi connectivity index (χ1) is 7.19. The molecule has 3 nitrogen and oxygen atoms in total. The van der Waals surface area contributed by atoms with E-state index in [4.69, 9.17) is 4.74 Å². The lowest BCUT2D eigenvalue weighted by molar-refractivity contribution is 0.0810. The largest absolute Gasteiger partial charge is 0.497 e. The molecule has 1 aromatic rings. The van der Waals surface area contributed by atoms with Gasteiger partial charge in [-0.2, -0.15) is 0 Å². The predicted molar refractivity (Wildman–Crippen MR) is 60.2 cm³/mol. The number of benzene rings is 1. The summed E-state index contributed by atoms with van der Waals surface area (Å²) in [5.41, 5.74) is 0.624. The first kappa shape index (κ1) is 11.3. The first-order valence-corrected chi connectivity index (χ1v) is 4.69. The fourth-order valence-electron chi connectivity index (χ4n) is 1.25. The Bertz CT molecular complexity index is 360. The maximum atomic E-state index is 11.8. The molecule has 0 heterocycles. The Morgan fingerprint density at radius 1 is 1.60 bits per heavy atom. The fourth-order valence-corrected chi connectivity index (χ4v) is 1.25. The zero-order valence-corrected chi connectivity index (χ0v) is 9.06. The maximum absolute atomic E-state index is 11.8. The molecule has 0 radical (unpaired) electrons. The van der Waals surface area contributed by atoms with Crippen molar-refractivity contribution in [1.82, 2.24) is 4.90 Å². The van der Waals surface area contributed by atoms with Crippen molar-refractivity contribution >= 4 is 5.91 Å². The van der Waals surface area contributed by atoms with Gasteiger partial charge in [0.25, 0.3) is 5.91 Å². The van der Waals surface area contributed by atoms with Crippen LogP contribution in [0.2, 0.25) is 0 Å². The highest BCUT2D eigenvalue weighted by Crippen LogP contribution is 2.13. The van der Waals surface area contributed by atoms with Crippen molar-refractivity contribution in [2.45, 2.75) is 0 Å². The predicted octanol–water partition coefficient (Wildman–Crippen LogP) is 1.95. The highest BCUT2D eigenvalue weighted by Gasteiger charge is 2.10. The molecule has 0 aromatic heterocycles. The van der Waals surface area contributed by atoms with Gasteiger partial charge in [0.1, 0.15) is 5.75 Å². The molecule has 0 aliphatic heterocycles. The molecule has 0 unspecified atom stereocenters. The standard InChI is InChI=1S/C12H15NO2/c1-4-8-13(2)12(14)10-6-5-7-11(9-10)15-3/h4-7,9H,1,8H2,2-3H3. The van der Waals surface area contributed by atoms with Crippen molar-refractivity contribution in [3.63, 3.8) is 0 Å². The third-order valence-electron chi connectivity index (χ3n) is 2.07. The number of ether oxygens (including phenoxy) is 1. The summed E-state index contributed by atoms with van der Waals surface area (Å²) in [4.78, 5) is 13.4. The van der Waals surface area contributed by atoms with Crippen LogP contribution in [0.1, 0.15) is 10.4 Å². The van der Waals surface area contributed by atoms with Crippen LogP contribution in [0.4, 0.5) is 0 Å². The van der Waals surface area contributed by atoms with Gasteiger partial charge in [0.15, 0.2) is 0 Å². The van der Waals surface area contributed by atoms with Crippen molar-refractivity contribution in [2.75, 3.05) is 20.7 Å². The number of rotatable bonds is 4. The minimum absolute atomic E-state index is 0.0335. The lowest BCUT2D eigenvalue weighted by atomic mass is 10.2. The number of carbonyl (C=O) groups excluding carboxylic acids is 1. The summed E-state index contributed by atoms with van der Waals surface area (Å²) in [6.07, 6.45) is 1.69. The van der Waals surface area contributed by atoms with E-state index in [9.17, 15) is 4.79 Å². The second-order valence-electron chi connectivity index (χ2n) is 3.21. The molecule has 0 fully saturated rings. The minimum atomic E-state index is -0.0335. The number of methoxy groups -OCH3 is 1. The Labute approximate surface area is 90.0 Å². The van der Waals surface area contributed by atoms with E-state index < -0.39 is 0 Å². The zero-order valence-electron chi connectivity index (χ0n) is 9.06. The van der Waals surface area contributed by atoms with Gasteiger partial charge >= 0.3 is 0 Å². The highest BCUT2D eigenvalue weighted by atomic mass is 16.5. The van der Waals surface area contributed by atoms with E-state index in [1.54, 1.807) is 43.3 Å². The maximum Gasteiger partial charge on any atom is 0.254 e. The van der Waals surface area contributed by atoms with Crippen molar-refractivity contribution in [1.29, 1.82) is 0 Å². The van der Waals surface area contributed by atoms with E-state index in [1.165, 1.54) is 0 Å². The van der Waals surface area contributed by atoms with Crippen LogP contribution in [0.3, 0.4) is 0 Å². The Hall–Kier alpha value is -1.77. The monoisotopic (exact) mass is 205 g/mol. The lowest BCUT2D eigenvalue weighted by Gasteiger charge is -2.15. The van der Waals surface area contributed by atoms with E-state index in [2.05, 4.69) is 6.58 Å². The van der Waals surface area contributed by atoms with Crippen molar-refractivity contribution in [2.24, 2.45) is 0 Å². The third-order valence-corrected chi connectivity index (χ3v) is 2.07. The van der Waals surface area contributed by atoms with E-state index in [1.807, 2.05) is 6.07 Å². The van der Waals surface area contributed by atoms with Crippen LogP contribution in [0, 0.1) is 0 Å². The van der Waals surface area contributed by atoms with Gasteiger partial charge in [0.05, 0.1) is 7.11 Å². The molecule has 0 atom stereocenters. The average molecular weight is 205 g/mol. The van der Waals surface area contributed by atoms with Crippen LogP contribution in [-0.2, 0) is 0 Å². The number of amides is 1. The zero-order chi connectivity index (χ0) is 11.3. The quantitative estimate of drug-likeness (QED) is 0.703. The molecule has 0 saturated heterocycles. The number of hydrogen-bond donors (Lipinski definition) is 0. The van der Waals surface area contributed by atoms with Gasteiger partial charge in [-0.25, -0.2) is 0 Å². The molecule has 0 spiro atoms. The number of nitrogens with zero attached hydrogens (tertiary/aromatic N) is 1. The SMILES string of the molecule is C=CCN(C)C(=O)c1cccc(OC)c1. The van der Waals surface area contributed by atoms with Gasteiger partial charge in [0, 0.05) is 19.2 Å². The van der Waals surface area contributed by atoms with Crippen molar-refractivity contribution in [3.8, 4) is 5.75 Å². The van der Waals surface area contributed by atoms with Gasteiger partial charge in [0.2, 0.25) is 0 Å². The van der Waals surface area contributed by atoms with Crippen LogP contribution in [0.15, 0.2) is 36.9 Å². The lowest BCUT2D eigenvalue weighted by Crippen LogP contribution is -2.26. The van der Waals surface area contributed by atoms with E-state index in [-0.39, 0.29) is 5.91 Å². The summed E-state index contributed by atoms with van der Waals surface area (Å²) in [6, 6.07) is 7.10. The Morgan fingerprint density at radius 3 is 2.93 bits per heavy atom. The molecule has 0 aliphatic rings.